The number of carboxylic acids is 2. The van der Waals surface area contributed by atoms with E-state index in [0.29, 0.717) is 0 Å². The van der Waals surface area contributed by atoms with E-state index in [1.807, 2.05) is 0 Å². The Balaban J connectivity index is 0.000000284. The molecule has 4 nitrogen and oxygen atoms in total. The molecule has 0 bridgehead atoms. The molecule has 2 rings (SSSR count). The summed E-state index contributed by atoms with van der Waals surface area (Å²) >= 11 is 0. The van der Waals surface area contributed by atoms with Crippen molar-refractivity contribution in [3.05, 3.63) is 0 Å². The molecular formula is C12H18O4Rh. The maximum absolute atomic E-state index is 10.1. The van der Waals surface area contributed by atoms with Gasteiger partial charge in [-0.05, 0) is 37.5 Å². The zero-order valence-electron chi connectivity index (χ0n) is 9.78. The Kier molecular flexibility index (Phi) is 8.40. The first-order valence-electron chi connectivity index (χ1n) is 6.03. The summed E-state index contributed by atoms with van der Waals surface area (Å²) in [5.41, 5.74) is 0. The molecule has 0 aliphatic heterocycles. The number of carbonyl (C=O) groups is 2. The number of rotatable bonds is 2. The Bertz CT molecular complexity index is 217. The van der Waals surface area contributed by atoms with Crippen LogP contribution >= 0.6 is 0 Å². The molecule has 0 unspecified atom stereocenters. The summed E-state index contributed by atoms with van der Waals surface area (Å²) in [7, 11) is 0. The van der Waals surface area contributed by atoms with Gasteiger partial charge in [-0.25, -0.2) is 0 Å². The molecule has 17 heavy (non-hydrogen) atoms. The van der Waals surface area contributed by atoms with Crippen molar-refractivity contribution in [2.75, 3.05) is 0 Å². The molecule has 0 spiro atoms. The molecule has 2 aliphatic carbocycles. The van der Waals surface area contributed by atoms with Crippen LogP contribution in [0.1, 0.15) is 51.4 Å². The second kappa shape index (κ2) is 8.62. The number of carbonyl (C=O) groups excluding carboxylic acids is 2. The number of aliphatic carboxylic acids is 2. The molecule has 2 aliphatic rings. The molecule has 2 saturated carbocycles. The molecule has 0 atom stereocenters. The molecule has 0 aromatic rings. The molecule has 0 N–H and O–H groups in total. The third kappa shape index (κ3) is 6.16. The minimum Gasteiger partial charge on any atom is -0.550 e. The predicted octanol–water partition coefficient (Wildman–Crippen LogP) is -0.150. The summed E-state index contributed by atoms with van der Waals surface area (Å²) in [6, 6.07) is 0. The molecule has 0 aromatic carbocycles. The zero-order chi connectivity index (χ0) is 12.0. The third-order valence-corrected chi connectivity index (χ3v) is 3.38. The van der Waals surface area contributed by atoms with Crippen LogP contribution in [0.2, 0.25) is 0 Å². The van der Waals surface area contributed by atoms with Gasteiger partial charge in [0.05, 0.1) is 0 Å². The van der Waals surface area contributed by atoms with Gasteiger partial charge < -0.3 is 19.8 Å². The Morgan fingerprint density at radius 1 is 0.706 bits per heavy atom. The molecular weight excluding hydrogens is 311 g/mol. The van der Waals surface area contributed by atoms with Crippen molar-refractivity contribution < 1.29 is 39.3 Å². The van der Waals surface area contributed by atoms with E-state index >= 15 is 0 Å². The van der Waals surface area contributed by atoms with Crippen LogP contribution in [0.15, 0.2) is 0 Å². The predicted molar refractivity (Wildman–Crippen MR) is 53.9 cm³/mol. The monoisotopic (exact) mass is 329 g/mol. The molecule has 99 valence electrons. The van der Waals surface area contributed by atoms with Crippen molar-refractivity contribution in [3.8, 4) is 0 Å². The van der Waals surface area contributed by atoms with E-state index in [1.165, 1.54) is 0 Å². The SMILES string of the molecule is O=C([O-])C1CCCC1.O=C([O-])C1CCCC1.[Rh+2]. The normalized spacial score (nSPS) is 20.2. The second-order valence-corrected chi connectivity index (χ2v) is 4.60. The Morgan fingerprint density at radius 2 is 0.941 bits per heavy atom. The summed E-state index contributed by atoms with van der Waals surface area (Å²) in [5.74, 6) is -1.98. The van der Waals surface area contributed by atoms with Crippen molar-refractivity contribution in [3.63, 3.8) is 0 Å². The molecule has 2 fully saturated rings. The van der Waals surface area contributed by atoms with Gasteiger partial charge in [-0.2, -0.15) is 0 Å². The minimum atomic E-state index is -0.859. The fourth-order valence-electron chi connectivity index (χ4n) is 2.32. The third-order valence-electron chi connectivity index (χ3n) is 3.38. The smallest absolute Gasteiger partial charge is 0.550 e. The van der Waals surface area contributed by atoms with Gasteiger partial charge in [-0.3, -0.25) is 0 Å². The van der Waals surface area contributed by atoms with E-state index in [1.54, 1.807) is 0 Å². The van der Waals surface area contributed by atoms with Gasteiger partial charge in [-0.15, -0.1) is 0 Å². The maximum atomic E-state index is 10.1. The first-order chi connectivity index (χ1) is 7.61. The molecule has 0 aromatic heterocycles. The van der Waals surface area contributed by atoms with Gasteiger partial charge in [0.15, 0.2) is 0 Å². The first-order valence-corrected chi connectivity index (χ1v) is 6.03. The van der Waals surface area contributed by atoms with Crippen LogP contribution in [0.3, 0.4) is 0 Å². The van der Waals surface area contributed by atoms with Gasteiger partial charge in [-0.1, -0.05) is 25.7 Å². The first kappa shape index (κ1) is 16.6. The maximum Gasteiger partial charge on any atom is 2.00 e. The van der Waals surface area contributed by atoms with E-state index in [2.05, 4.69) is 0 Å². The van der Waals surface area contributed by atoms with Crippen LogP contribution in [-0.2, 0) is 29.1 Å². The average molecular weight is 329 g/mol. The van der Waals surface area contributed by atoms with Crippen molar-refractivity contribution in [2.24, 2.45) is 11.8 Å². The summed E-state index contributed by atoms with van der Waals surface area (Å²) < 4.78 is 0. The van der Waals surface area contributed by atoms with Crippen LogP contribution in [0.25, 0.3) is 0 Å². The standard InChI is InChI=1S/2C6H10O2.Rh/c2*7-6(8)5-3-1-2-4-5;/h2*5H,1-4H2,(H,7,8);/q;;+2/p-2. The Hall–Kier alpha value is -0.437. The number of hydrogen-bond acceptors (Lipinski definition) is 4. The van der Waals surface area contributed by atoms with Crippen molar-refractivity contribution >= 4 is 11.9 Å². The van der Waals surface area contributed by atoms with Gasteiger partial charge in [0.2, 0.25) is 0 Å². The average Bonchev–Trinajstić information content (AvgIpc) is 2.93. The largest absolute Gasteiger partial charge is 2.00 e. The fraction of sp³-hybridized carbons (Fsp3) is 0.833. The quantitative estimate of drug-likeness (QED) is 0.660. The van der Waals surface area contributed by atoms with E-state index in [-0.39, 0.29) is 31.3 Å². The second-order valence-electron chi connectivity index (χ2n) is 4.60. The summed E-state index contributed by atoms with van der Waals surface area (Å²) in [6.07, 6.45) is 7.61. The molecule has 0 amide bonds. The summed E-state index contributed by atoms with van der Waals surface area (Å²) in [4.78, 5) is 20.2. The number of carboxylic acid groups (broad SMARTS) is 2. The van der Waals surface area contributed by atoms with E-state index in [9.17, 15) is 19.8 Å². The molecule has 0 saturated heterocycles. The van der Waals surface area contributed by atoms with Crippen LogP contribution in [0, 0.1) is 11.8 Å². The van der Waals surface area contributed by atoms with Crippen molar-refractivity contribution in [1.29, 1.82) is 0 Å². The van der Waals surface area contributed by atoms with Crippen LogP contribution in [0.5, 0.6) is 0 Å². The van der Waals surface area contributed by atoms with E-state index < -0.39 is 11.9 Å². The zero-order valence-corrected chi connectivity index (χ0v) is 11.4. The summed E-state index contributed by atoms with van der Waals surface area (Å²) in [5, 5.41) is 20.2. The summed E-state index contributed by atoms with van der Waals surface area (Å²) in [6.45, 7) is 0. The van der Waals surface area contributed by atoms with Gasteiger partial charge in [0.25, 0.3) is 0 Å². The van der Waals surface area contributed by atoms with Gasteiger partial charge >= 0.3 is 19.5 Å². The van der Waals surface area contributed by atoms with Crippen LogP contribution in [-0.4, -0.2) is 11.9 Å². The van der Waals surface area contributed by atoms with Crippen molar-refractivity contribution in [1.82, 2.24) is 0 Å². The van der Waals surface area contributed by atoms with E-state index in [0.717, 1.165) is 51.4 Å². The fourth-order valence-corrected chi connectivity index (χ4v) is 2.32. The molecule has 0 heterocycles. The minimum absolute atomic E-state index is 0. The Labute approximate surface area is 115 Å². The topological polar surface area (TPSA) is 80.3 Å². The molecule has 1 radical (unpaired) electrons. The van der Waals surface area contributed by atoms with Crippen molar-refractivity contribution in [2.45, 2.75) is 51.4 Å². The van der Waals surface area contributed by atoms with Gasteiger partial charge in [0.1, 0.15) is 0 Å². The number of hydrogen-bond donors (Lipinski definition) is 0. The Morgan fingerprint density at radius 3 is 1.06 bits per heavy atom. The van der Waals surface area contributed by atoms with Crippen LogP contribution < -0.4 is 10.2 Å². The van der Waals surface area contributed by atoms with Crippen LogP contribution in [0.4, 0.5) is 0 Å². The van der Waals surface area contributed by atoms with Gasteiger partial charge in [0, 0.05) is 11.9 Å². The molecule has 5 heteroatoms. The van der Waals surface area contributed by atoms with E-state index in [4.69, 9.17) is 0 Å².